The van der Waals surface area contributed by atoms with Gasteiger partial charge < -0.3 is 0 Å². The van der Waals surface area contributed by atoms with Crippen molar-refractivity contribution in [2.45, 2.75) is 19.9 Å². The second-order valence-corrected chi connectivity index (χ2v) is 2.99. The summed E-state index contributed by atoms with van der Waals surface area (Å²) in [6.45, 7) is 4.07. The smallest absolute Gasteiger partial charge is 0.0824 e. The molecule has 62 valence electrons. The molecule has 1 atom stereocenters. The van der Waals surface area contributed by atoms with Crippen molar-refractivity contribution < 1.29 is 0 Å². The first-order valence-electron chi connectivity index (χ1n) is 3.87. The standard InChI is InChI=1S/C10H11NS/c1-8-3-5-10(6-4-8)9(2)11-7-12/h3-6,9H,1-2H3. The Bertz CT molecular complexity index is 296. The highest BCUT2D eigenvalue weighted by atomic mass is 32.1. The molecule has 2 heteroatoms. The molecule has 0 bridgehead atoms. The molecule has 0 saturated heterocycles. The van der Waals surface area contributed by atoms with Crippen LogP contribution < -0.4 is 0 Å². The predicted molar refractivity (Wildman–Crippen MR) is 54.6 cm³/mol. The molecular formula is C10H11NS. The second kappa shape index (κ2) is 4.15. The highest BCUT2D eigenvalue weighted by Crippen LogP contribution is 2.15. The third-order valence-electron chi connectivity index (χ3n) is 1.81. The minimum atomic E-state index is 0.128. The first-order valence-corrected chi connectivity index (χ1v) is 4.28. The van der Waals surface area contributed by atoms with Crippen LogP contribution in [0.4, 0.5) is 0 Å². The molecule has 0 aliphatic rings. The zero-order valence-electron chi connectivity index (χ0n) is 7.24. The third kappa shape index (κ3) is 2.26. The van der Waals surface area contributed by atoms with Gasteiger partial charge in [-0.1, -0.05) is 29.8 Å². The molecule has 12 heavy (non-hydrogen) atoms. The second-order valence-electron chi connectivity index (χ2n) is 2.81. The van der Waals surface area contributed by atoms with Crippen LogP contribution in [0.15, 0.2) is 29.3 Å². The largest absolute Gasteiger partial charge is 0.225 e. The van der Waals surface area contributed by atoms with Gasteiger partial charge in [-0.05, 0) is 31.6 Å². The van der Waals surface area contributed by atoms with Crippen molar-refractivity contribution >= 4 is 17.4 Å². The monoisotopic (exact) mass is 177 g/mol. The normalized spacial score (nSPS) is 11.8. The molecule has 1 unspecified atom stereocenters. The summed E-state index contributed by atoms with van der Waals surface area (Å²) >= 11 is 4.54. The van der Waals surface area contributed by atoms with Crippen LogP contribution in [-0.2, 0) is 0 Å². The van der Waals surface area contributed by atoms with Gasteiger partial charge in [0.25, 0.3) is 0 Å². The van der Waals surface area contributed by atoms with Gasteiger partial charge >= 0.3 is 0 Å². The average Bonchev–Trinajstić information content (AvgIpc) is 2.06. The molecule has 0 spiro atoms. The van der Waals surface area contributed by atoms with Crippen LogP contribution in [0, 0.1) is 6.92 Å². The lowest BCUT2D eigenvalue weighted by Crippen LogP contribution is -1.88. The Kier molecular flexibility index (Phi) is 3.15. The van der Waals surface area contributed by atoms with Crippen LogP contribution >= 0.6 is 12.2 Å². The third-order valence-corrected chi connectivity index (χ3v) is 1.91. The quantitative estimate of drug-likeness (QED) is 0.499. The molecule has 0 amide bonds. The number of hydrogen-bond donors (Lipinski definition) is 0. The summed E-state index contributed by atoms with van der Waals surface area (Å²) in [4.78, 5) is 3.99. The van der Waals surface area contributed by atoms with Crippen LogP contribution in [-0.4, -0.2) is 5.16 Å². The van der Waals surface area contributed by atoms with Gasteiger partial charge in [0.05, 0.1) is 11.2 Å². The van der Waals surface area contributed by atoms with E-state index in [0.717, 1.165) is 0 Å². The fourth-order valence-electron chi connectivity index (χ4n) is 0.999. The number of aryl methyl sites for hydroxylation is 1. The van der Waals surface area contributed by atoms with Crippen molar-refractivity contribution in [3.05, 3.63) is 35.4 Å². The van der Waals surface area contributed by atoms with Crippen LogP contribution in [0.25, 0.3) is 0 Å². The minimum Gasteiger partial charge on any atom is -0.225 e. The summed E-state index contributed by atoms with van der Waals surface area (Å²) in [6.07, 6.45) is 0. The van der Waals surface area contributed by atoms with Gasteiger partial charge in [0.15, 0.2) is 0 Å². The summed E-state index contributed by atoms with van der Waals surface area (Å²) in [5, 5.41) is 2.39. The van der Waals surface area contributed by atoms with E-state index in [1.54, 1.807) is 0 Å². The van der Waals surface area contributed by atoms with Crippen molar-refractivity contribution in [2.75, 3.05) is 0 Å². The maximum atomic E-state index is 4.54. The van der Waals surface area contributed by atoms with Gasteiger partial charge in [-0.3, -0.25) is 0 Å². The zero-order valence-corrected chi connectivity index (χ0v) is 8.06. The molecule has 0 fully saturated rings. The summed E-state index contributed by atoms with van der Waals surface area (Å²) < 4.78 is 0. The summed E-state index contributed by atoms with van der Waals surface area (Å²) in [5.74, 6) is 0. The summed E-state index contributed by atoms with van der Waals surface area (Å²) in [6, 6.07) is 8.41. The molecule has 1 aromatic carbocycles. The number of rotatable bonds is 2. The van der Waals surface area contributed by atoms with Crippen LogP contribution in [0.2, 0.25) is 0 Å². The molecule has 0 radical (unpaired) electrons. The van der Waals surface area contributed by atoms with E-state index in [9.17, 15) is 0 Å². The fraction of sp³-hybridized carbons (Fsp3) is 0.300. The Hall–Kier alpha value is -0.980. The van der Waals surface area contributed by atoms with Crippen LogP contribution in [0.3, 0.4) is 0 Å². The van der Waals surface area contributed by atoms with Gasteiger partial charge in [0, 0.05) is 0 Å². The highest BCUT2D eigenvalue weighted by molar-refractivity contribution is 7.78. The van der Waals surface area contributed by atoms with Crippen molar-refractivity contribution in [2.24, 2.45) is 4.99 Å². The van der Waals surface area contributed by atoms with E-state index in [-0.39, 0.29) is 6.04 Å². The maximum Gasteiger partial charge on any atom is 0.0824 e. The first-order chi connectivity index (χ1) is 5.74. The Morgan fingerprint density at radius 1 is 1.33 bits per heavy atom. The Morgan fingerprint density at radius 3 is 2.42 bits per heavy atom. The minimum absolute atomic E-state index is 0.128. The lowest BCUT2D eigenvalue weighted by Gasteiger charge is -2.03. The van der Waals surface area contributed by atoms with Crippen molar-refractivity contribution in [1.29, 1.82) is 0 Å². The van der Waals surface area contributed by atoms with Crippen molar-refractivity contribution in [3.8, 4) is 0 Å². The molecule has 0 aliphatic carbocycles. The lowest BCUT2D eigenvalue weighted by molar-refractivity contribution is 0.827. The number of hydrogen-bond acceptors (Lipinski definition) is 2. The maximum absolute atomic E-state index is 4.54. The zero-order chi connectivity index (χ0) is 8.97. The van der Waals surface area contributed by atoms with E-state index < -0.39 is 0 Å². The Morgan fingerprint density at radius 2 is 1.92 bits per heavy atom. The van der Waals surface area contributed by atoms with E-state index in [4.69, 9.17) is 0 Å². The Labute approximate surface area is 78.1 Å². The SMILES string of the molecule is Cc1ccc(C(C)N=C=S)cc1. The highest BCUT2D eigenvalue weighted by Gasteiger charge is 2.00. The van der Waals surface area contributed by atoms with Crippen LogP contribution in [0.1, 0.15) is 24.1 Å². The molecule has 1 aromatic rings. The number of thiocarbonyl (C=S) groups is 1. The van der Waals surface area contributed by atoms with Gasteiger partial charge in [-0.15, -0.1) is 0 Å². The number of aliphatic imine (C=N–C) groups is 1. The predicted octanol–water partition coefficient (Wildman–Crippen LogP) is 3.16. The van der Waals surface area contributed by atoms with Gasteiger partial charge in [0.2, 0.25) is 0 Å². The van der Waals surface area contributed by atoms with Gasteiger partial charge in [-0.2, -0.15) is 0 Å². The number of benzene rings is 1. The van der Waals surface area contributed by atoms with Crippen LogP contribution in [0.5, 0.6) is 0 Å². The molecule has 1 rings (SSSR count). The lowest BCUT2D eigenvalue weighted by atomic mass is 10.1. The van der Waals surface area contributed by atoms with E-state index in [2.05, 4.69) is 53.6 Å². The number of nitrogens with zero attached hydrogens (tertiary/aromatic N) is 1. The molecular weight excluding hydrogens is 166 g/mol. The topological polar surface area (TPSA) is 12.4 Å². The Balaban J connectivity index is 2.89. The fourth-order valence-corrected chi connectivity index (χ4v) is 1.16. The average molecular weight is 177 g/mol. The van der Waals surface area contributed by atoms with Crippen molar-refractivity contribution in [3.63, 3.8) is 0 Å². The first kappa shape index (κ1) is 9.11. The van der Waals surface area contributed by atoms with Gasteiger partial charge in [0.1, 0.15) is 0 Å². The summed E-state index contributed by atoms with van der Waals surface area (Å²) in [7, 11) is 0. The van der Waals surface area contributed by atoms with E-state index in [1.165, 1.54) is 11.1 Å². The van der Waals surface area contributed by atoms with E-state index in [0.29, 0.717) is 0 Å². The van der Waals surface area contributed by atoms with E-state index >= 15 is 0 Å². The summed E-state index contributed by atoms with van der Waals surface area (Å²) in [5.41, 5.74) is 2.44. The molecule has 0 heterocycles. The molecule has 1 nitrogen and oxygen atoms in total. The molecule has 0 saturated carbocycles. The van der Waals surface area contributed by atoms with E-state index in [1.807, 2.05) is 6.92 Å². The number of isothiocyanates is 1. The molecule has 0 aromatic heterocycles. The van der Waals surface area contributed by atoms with Gasteiger partial charge in [-0.25, -0.2) is 4.99 Å². The molecule has 0 aliphatic heterocycles. The van der Waals surface area contributed by atoms with Crippen molar-refractivity contribution in [1.82, 2.24) is 0 Å². The molecule has 0 N–H and O–H groups in total.